The van der Waals surface area contributed by atoms with Crippen molar-refractivity contribution in [3.05, 3.63) is 81.2 Å². The molecule has 2 atom stereocenters. The van der Waals surface area contributed by atoms with Crippen LogP contribution in [-0.2, 0) is 14.3 Å². The molecule has 0 aromatic heterocycles. The molecule has 1 N–H and O–H groups in total. The number of ether oxygens (including phenoxy) is 3. The highest BCUT2D eigenvalue weighted by Crippen LogP contribution is 2.48. The summed E-state index contributed by atoms with van der Waals surface area (Å²) in [5.41, 5.74) is 4.21. The van der Waals surface area contributed by atoms with Crippen LogP contribution in [0.5, 0.6) is 11.5 Å². The maximum Gasteiger partial charge on any atom is 0.336 e. The van der Waals surface area contributed by atoms with Crippen molar-refractivity contribution in [2.75, 3.05) is 20.8 Å². The molecule has 0 amide bonds. The van der Waals surface area contributed by atoms with Crippen LogP contribution in [0.15, 0.2) is 65.0 Å². The van der Waals surface area contributed by atoms with Crippen LogP contribution in [0.25, 0.3) is 0 Å². The van der Waals surface area contributed by atoms with E-state index >= 15 is 0 Å². The second-order valence-electron chi connectivity index (χ2n) is 8.40. The fourth-order valence-corrected chi connectivity index (χ4v) is 4.99. The molecule has 2 aromatic rings. The maximum absolute atomic E-state index is 13.7. The van der Waals surface area contributed by atoms with E-state index in [1.165, 1.54) is 0 Å². The number of hydrogen-bond donors (Lipinski definition) is 1. The summed E-state index contributed by atoms with van der Waals surface area (Å²) in [5, 5.41) is 4.01. The molecule has 0 saturated carbocycles. The first-order chi connectivity index (χ1) is 16.4. The van der Waals surface area contributed by atoms with Gasteiger partial charge in [0.2, 0.25) is 0 Å². The van der Waals surface area contributed by atoms with Crippen molar-refractivity contribution >= 4 is 23.4 Å². The average Bonchev–Trinajstić information content (AvgIpc) is 2.83. The van der Waals surface area contributed by atoms with Crippen molar-refractivity contribution in [2.24, 2.45) is 0 Å². The molecule has 7 heteroatoms. The number of ketones is 1. The average molecular weight is 482 g/mol. The van der Waals surface area contributed by atoms with Gasteiger partial charge in [-0.25, -0.2) is 4.79 Å². The number of esters is 1. The first-order valence-corrected chi connectivity index (χ1v) is 11.6. The molecule has 1 aliphatic carbocycles. The summed E-state index contributed by atoms with van der Waals surface area (Å²) in [6.07, 6.45) is 0.971. The van der Waals surface area contributed by atoms with Crippen LogP contribution in [0.3, 0.4) is 0 Å². The molecule has 0 spiro atoms. The fraction of sp³-hybridized carbons (Fsp3) is 0.333. The lowest BCUT2D eigenvalue weighted by atomic mass is 9.71. The fourth-order valence-electron chi connectivity index (χ4n) is 4.87. The van der Waals surface area contributed by atoms with Gasteiger partial charge in [-0.1, -0.05) is 23.7 Å². The number of hydrogen-bond acceptors (Lipinski definition) is 6. The van der Waals surface area contributed by atoms with E-state index in [2.05, 4.69) is 5.32 Å². The minimum absolute atomic E-state index is 0.0146. The van der Waals surface area contributed by atoms with Crippen LogP contribution < -0.4 is 14.8 Å². The third-order valence-electron chi connectivity index (χ3n) is 6.41. The van der Waals surface area contributed by atoms with Crippen molar-refractivity contribution in [2.45, 2.75) is 38.5 Å². The molecule has 0 unspecified atom stereocenters. The van der Waals surface area contributed by atoms with Gasteiger partial charge in [0.1, 0.15) is 11.5 Å². The molecular weight excluding hydrogens is 454 g/mol. The summed E-state index contributed by atoms with van der Waals surface area (Å²) in [6.45, 7) is 3.83. The van der Waals surface area contributed by atoms with Crippen molar-refractivity contribution in [1.29, 1.82) is 0 Å². The number of dihydropyridines is 1. The molecule has 2 aromatic carbocycles. The van der Waals surface area contributed by atoms with Gasteiger partial charge in [0, 0.05) is 34.0 Å². The van der Waals surface area contributed by atoms with Crippen LogP contribution in [0, 0.1) is 0 Å². The summed E-state index contributed by atoms with van der Waals surface area (Å²) in [4.78, 5) is 26.8. The van der Waals surface area contributed by atoms with Crippen LogP contribution in [0.4, 0.5) is 0 Å². The van der Waals surface area contributed by atoms with Crippen LogP contribution in [0.2, 0.25) is 5.02 Å². The van der Waals surface area contributed by atoms with E-state index in [-0.39, 0.29) is 18.3 Å². The lowest BCUT2D eigenvalue weighted by molar-refractivity contribution is -0.138. The topological polar surface area (TPSA) is 73.9 Å². The quantitative estimate of drug-likeness (QED) is 0.566. The summed E-state index contributed by atoms with van der Waals surface area (Å²) in [6, 6.07) is 13.0. The monoisotopic (exact) mass is 481 g/mol. The van der Waals surface area contributed by atoms with E-state index in [1.807, 2.05) is 37.3 Å². The Balaban J connectivity index is 1.86. The zero-order valence-electron chi connectivity index (χ0n) is 19.7. The number of carbonyl (C=O) groups excluding carboxylic acids is 2. The molecule has 34 heavy (non-hydrogen) atoms. The lowest BCUT2D eigenvalue weighted by Crippen LogP contribution is -2.36. The zero-order chi connectivity index (χ0) is 24.4. The van der Waals surface area contributed by atoms with Gasteiger partial charge in [0.15, 0.2) is 5.78 Å². The van der Waals surface area contributed by atoms with Crippen LogP contribution in [0.1, 0.15) is 49.7 Å². The predicted molar refractivity (Wildman–Crippen MR) is 130 cm³/mol. The second kappa shape index (κ2) is 9.94. The van der Waals surface area contributed by atoms with E-state index in [9.17, 15) is 9.59 Å². The first kappa shape index (κ1) is 23.9. The molecule has 1 heterocycles. The van der Waals surface area contributed by atoms with Gasteiger partial charge in [0.25, 0.3) is 0 Å². The lowest BCUT2D eigenvalue weighted by Gasteiger charge is -2.37. The van der Waals surface area contributed by atoms with Crippen molar-refractivity contribution < 1.29 is 23.8 Å². The van der Waals surface area contributed by atoms with Gasteiger partial charge in [-0.05, 0) is 62.1 Å². The first-order valence-electron chi connectivity index (χ1n) is 11.3. The number of methoxy groups -OCH3 is 2. The number of benzene rings is 2. The summed E-state index contributed by atoms with van der Waals surface area (Å²) in [7, 11) is 3.15. The minimum Gasteiger partial charge on any atom is -0.497 e. The SMILES string of the molecule is CCOC(=O)C1=C(C)NC2=C(C(=O)C[C@H](c3ccc(Cl)cc3)C2)[C@@H]1c1cc(OC)ccc1OC. The van der Waals surface area contributed by atoms with E-state index in [1.54, 1.807) is 33.3 Å². The number of rotatable bonds is 6. The Morgan fingerprint density at radius 1 is 1.09 bits per heavy atom. The van der Waals surface area contributed by atoms with Gasteiger partial charge in [-0.2, -0.15) is 0 Å². The summed E-state index contributed by atoms with van der Waals surface area (Å²) < 4.78 is 16.5. The molecule has 2 aliphatic rings. The molecule has 1 aliphatic heterocycles. The van der Waals surface area contributed by atoms with Gasteiger partial charge >= 0.3 is 5.97 Å². The van der Waals surface area contributed by atoms with E-state index in [0.29, 0.717) is 51.8 Å². The number of halogens is 1. The Hall–Kier alpha value is -3.25. The molecule has 178 valence electrons. The second-order valence-corrected chi connectivity index (χ2v) is 8.83. The molecule has 0 saturated heterocycles. The van der Waals surface area contributed by atoms with E-state index in [4.69, 9.17) is 25.8 Å². The van der Waals surface area contributed by atoms with E-state index < -0.39 is 11.9 Å². The Bertz CT molecular complexity index is 1180. The molecule has 0 fully saturated rings. The highest BCUT2D eigenvalue weighted by atomic mass is 35.5. The third-order valence-corrected chi connectivity index (χ3v) is 6.66. The Morgan fingerprint density at radius 2 is 1.82 bits per heavy atom. The van der Waals surface area contributed by atoms with Gasteiger partial charge in [0.05, 0.1) is 32.3 Å². The summed E-state index contributed by atoms with van der Waals surface area (Å²) in [5.74, 6) is 0.0978. The standard InChI is InChI=1S/C27H28ClNO5/c1-5-34-27(31)24-15(2)29-21-12-17(16-6-8-18(28)9-7-16)13-22(30)26(21)25(24)20-14-19(32-3)10-11-23(20)33-4/h6-11,14,17,25,29H,5,12-13H2,1-4H3/t17-,25-/m1/s1. The molecule has 0 bridgehead atoms. The highest BCUT2D eigenvalue weighted by molar-refractivity contribution is 6.30. The molecule has 6 nitrogen and oxygen atoms in total. The summed E-state index contributed by atoms with van der Waals surface area (Å²) >= 11 is 6.06. The van der Waals surface area contributed by atoms with Crippen molar-refractivity contribution in [3.8, 4) is 11.5 Å². The number of carbonyl (C=O) groups is 2. The predicted octanol–water partition coefficient (Wildman–Crippen LogP) is 5.28. The number of nitrogens with one attached hydrogen (secondary N) is 1. The maximum atomic E-state index is 13.7. The van der Waals surface area contributed by atoms with Gasteiger partial charge in [-0.3, -0.25) is 4.79 Å². The van der Waals surface area contributed by atoms with Crippen LogP contribution >= 0.6 is 11.6 Å². The minimum atomic E-state index is -0.626. The molecule has 0 radical (unpaired) electrons. The Kier molecular flexibility index (Phi) is 6.98. The molecule has 4 rings (SSSR count). The van der Waals surface area contributed by atoms with Gasteiger partial charge < -0.3 is 19.5 Å². The normalized spacial score (nSPS) is 20.0. The van der Waals surface area contributed by atoms with E-state index in [0.717, 1.165) is 11.3 Å². The Morgan fingerprint density at radius 3 is 2.47 bits per heavy atom. The van der Waals surface area contributed by atoms with Crippen LogP contribution in [-0.4, -0.2) is 32.6 Å². The zero-order valence-corrected chi connectivity index (χ0v) is 20.5. The third kappa shape index (κ3) is 4.42. The largest absolute Gasteiger partial charge is 0.497 e. The van der Waals surface area contributed by atoms with Crippen molar-refractivity contribution in [3.63, 3.8) is 0 Å². The number of Topliss-reactive ketones (excluding diaryl/α,β-unsaturated/α-hetero) is 1. The Labute approximate surface area is 204 Å². The van der Waals surface area contributed by atoms with Gasteiger partial charge in [-0.15, -0.1) is 0 Å². The molecular formula is C27H28ClNO5. The number of allylic oxidation sites excluding steroid dienone is 3. The highest BCUT2D eigenvalue weighted by Gasteiger charge is 2.42. The smallest absolute Gasteiger partial charge is 0.336 e. The van der Waals surface area contributed by atoms with Crippen molar-refractivity contribution in [1.82, 2.24) is 5.32 Å².